The van der Waals surface area contributed by atoms with Gasteiger partial charge in [-0.3, -0.25) is 9.59 Å². The van der Waals surface area contributed by atoms with Crippen LogP contribution in [0.5, 0.6) is 0 Å². The summed E-state index contributed by atoms with van der Waals surface area (Å²) in [5.74, 6) is -0.0818. The summed E-state index contributed by atoms with van der Waals surface area (Å²) < 4.78 is 0. The van der Waals surface area contributed by atoms with Crippen LogP contribution in [0.3, 0.4) is 0 Å². The molecular weight excluding hydrogens is 244 g/mol. The zero-order chi connectivity index (χ0) is 14.0. The van der Waals surface area contributed by atoms with Crippen LogP contribution in [-0.2, 0) is 4.79 Å². The van der Waals surface area contributed by atoms with E-state index >= 15 is 0 Å². The van der Waals surface area contributed by atoms with Crippen molar-refractivity contribution in [3.05, 3.63) is 23.8 Å². The minimum atomic E-state index is -0.0974. The van der Waals surface area contributed by atoms with Crippen LogP contribution in [0, 0.1) is 0 Å². The Balaban J connectivity index is 2.24. The van der Waals surface area contributed by atoms with Gasteiger partial charge < -0.3 is 21.3 Å². The molecule has 1 fully saturated rings. The number of nitrogens with zero attached hydrogens (tertiary/aromatic N) is 1. The van der Waals surface area contributed by atoms with Crippen LogP contribution in [0.2, 0.25) is 0 Å². The molecule has 0 radical (unpaired) electrons. The molecular formula is C13H18N4O2. The summed E-state index contributed by atoms with van der Waals surface area (Å²) in [6.45, 7) is 0.559. The van der Waals surface area contributed by atoms with Crippen LogP contribution in [0.4, 0.5) is 11.4 Å². The summed E-state index contributed by atoms with van der Waals surface area (Å²) in [6.07, 6.45) is 0.407. The number of nitrogens with one attached hydrogen (secondary N) is 2. The Morgan fingerprint density at radius 3 is 2.79 bits per heavy atom. The average molecular weight is 262 g/mol. The smallest absolute Gasteiger partial charge is 0.255 e. The molecule has 0 spiro atoms. The van der Waals surface area contributed by atoms with Crippen molar-refractivity contribution < 1.29 is 9.59 Å². The predicted octanol–water partition coefficient (Wildman–Crippen LogP) is 0.271. The second-order valence-corrected chi connectivity index (χ2v) is 4.85. The van der Waals surface area contributed by atoms with Crippen molar-refractivity contribution in [1.29, 1.82) is 0 Å². The maximum Gasteiger partial charge on any atom is 0.255 e. The lowest BCUT2D eigenvalue weighted by Gasteiger charge is -2.18. The van der Waals surface area contributed by atoms with Gasteiger partial charge in [-0.25, -0.2) is 0 Å². The number of rotatable bonds is 3. The highest BCUT2D eigenvalue weighted by Gasteiger charge is 2.23. The van der Waals surface area contributed by atoms with Crippen LogP contribution in [-0.4, -0.2) is 43.4 Å². The Labute approximate surface area is 112 Å². The molecule has 4 N–H and O–H groups in total. The van der Waals surface area contributed by atoms with Crippen molar-refractivity contribution in [3.63, 3.8) is 0 Å². The molecule has 1 aromatic rings. The molecule has 0 bridgehead atoms. The van der Waals surface area contributed by atoms with Gasteiger partial charge in [-0.1, -0.05) is 0 Å². The number of hydrogen-bond donors (Lipinski definition) is 3. The molecule has 1 aliphatic heterocycles. The minimum Gasteiger partial charge on any atom is -0.399 e. The standard InChI is InChI=1S/C13H18N4O2/c1-17(2)13(19)10-4-3-8(14)5-11(10)16-9-6-12(18)15-7-9/h3-5,9,16H,6-7,14H2,1-2H3,(H,15,18). The Kier molecular flexibility index (Phi) is 3.59. The van der Waals surface area contributed by atoms with E-state index in [-0.39, 0.29) is 17.9 Å². The zero-order valence-electron chi connectivity index (χ0n) is 11.1. The van der Waals surface area contributed by atoms with E-state index in [4.69, 9.17) is 5.73 Å². The first-order chi connectivity index (χ1) is 8.97. The van der Waals surface area contributed by atoms with Gasteiger partial charge in [-0.2, -0.15) is 0 Å². The van der Waals surface area contributed by atoms with Crippen molar-refractivity contribution in [1.82, 2.24) is 10.2 Å². The first-order valence-corrected chi connectivity index (χ1v) is 6.12. The highest BCUT2D eigenvalue weighted by atomic mass is 16.2. The van der Waals surface area contributed by atoms with Gasteiger partial charge in [0.2, 0.25) is 5.91 Å². The molecule has 1 atom stereocenters. The monoisotopic (exact) mass is 262 g/mol. The number of amides is 2. The predicted molar refractivity (Wildman–Crippen MR) is 73.9 cm³/mol. The number of carbonyl (C=O) groups excluding carboxylic acids is 2. The fraction of sp³-hybridized carbons (Fsp3) is 0.385. The third-order valence-corrected chi connectivity index (χ3v) is 3.02. The fourth-order valence-electron chi connectivity index (χ4n) is 2.04. The molecule has 6 heteroatoms. The van der Waals surface area contributed by atoms with Gasteiger partial charge in [0.25, 0.3) is 5.91 Å². The molecule has 1 saturated heterocycles. The third-order valence-electron chi connectivity index (χ3n) is 3.02. The molecule has 2 amide bonds. The van der Waals surface area contributed by atoms with Gasteiger partial charge in [0.1, 0.15) is 0 Å². The van der Waals surface area contributed by atoms with E-state index < -0.39 is 0 Å². The zero-order valence-corrected chi connectivity index (χ0v) is 11.1. The molecule has 2 rings (SSSR count). The molecule has 6 nitrogen and oxygen atoms in total. The number of benzene rings is 1. The lowest BCUT2D eigenvalue weighted by molar-refractivity contribution is -0.119. The second kappa shape index (κ2) is 5.17. The lowest BCUT2D eigenvalue weighted by Crippen LogP contribution is -2.26. The van der Waals surface area contributed by atoms with E-state index in [9.17, 15) is 9.59 Å². The van der Waals surface area contributed by atoms with Crippen molar-refractivity contribution in [3.8, 4) is 0 Å². The Hall–Kier alpha value is -2.24. The topological polar surface area (TPSA) is 87.5 Å². The van der Waals surface area contributed by atoms with Crippen molar-refractivity contribution in [2.45, 2.75) is 12.5 Å². The molecule has 0 saturated carbocycles. The van der Waals surface area contributed by atoms with Gasteiger partial charge in [0, 0.05) is 38.4 Å². The Bertz CT molecular complexity index is 513. The third kappa shape index (κ3) is 2.96. The van der Waals surface area contributed by atoms with E-state index in [1.807, 2.05) is 0 Å². The summed E-state index contributed by atoms with van der Waals surface area (Å²) in [4.78, 5) is 24.8. The van der Waals surface area contributed by atoms with Crippen molar-refractivity contribution in [2.24, 2.45) is 0 Å². The van der Waals surface area contributed by atoms with Crippen LogP contribution >= 0.6 is 0 Å². The minimum absolute atomic E-state index is 0.0111. The van der Waals surface area contributed by atoms with E-state index in [2.05, 4.69) is 10.6 Å². The normalized spacial score (nSPS) is 18.0. The van der Waals surface area contributed by atoms with Gasteiger partial charge in [-0.15, -0.1) is 0 Å². The van der Waals surface area contributed by atoms with E-state index in [0.717, 1.165) is 0 Å². The molecule has 1 aliphatic rings. The number of anilines is 2. The molecule has 1 heterocycles. The van der Waals surface area contributed by atoms with E-state index in [1.165, 1.54) is 4.90 Å². The van der Waals surface area contributed by atoms with Crippen LogP contribution in [0.25, 0.3) is 0 Å². The molecule has 102 valence electrons. The second-order valence-electron chi connectivity index (χ2n) is 4.85. The Morgan fingerprint density at radius 2 is 2.21 bits per heavy atom. The highest BCUT2D eigenvalue weighted by molar-refractivity contribution is 6.00. The molecule has 0 aliphatic carbocycles. The molecule has 0 aromatic heterocycles. The first kappa shape index (κ1) is 13.2. The number of hydrogen-bond acceptors (Lipinski definition) is 4. The summed E-state index contributed by atoms with van der Waals surface area (Å²) in [5, 5.41) is 5.95. The quantitative estimate of drug-likeness (QED) is 0.682. The van der Waals surface area contributed by atoms with Gasteiger partial charge >= 0.3 is 0 Å². The maximum atomic E-state index is 12.1. The largest absolute Gasteiger partial charge is 0.399 e. The van der Waals surface area contributed by atoms with E-state index in [0.29, 0.717) is 29.9 Å². The fourth-order valence-corrected chi connectivity index (χ4v) is 2.04. The molecule has 19 heavy (non-hydrogen) atoms. The average Bonchev–Trinajstić information content (AvgIpc) is 2.74. The van der Waals surface area contributed by atoms with Crippen LogP contribution in [0.1, 0.15) is 16.8 Å². The summed E-state index contributed by atoms with van der Waals surface area (Å²) >= 11 is 0. The molecule has 1 aromatic carbocycles. The maximum absolute atomic E-state index is 12.1. The van der Waals surface area contributed by atoms with Gasteiger partial charge in [0.15, 0.2) is 0 Å². The number of nitrogens with two attached hydrogens (primary N) is 1. The van der Waals surface area contributed by atoms with E-state index in [1.54, 1.807) is 32.3 Å². The Morgan fingerprint density at radius 1 is 1.47 bits per heavy atom. The first-order valence-electron chi connectivity index (χ1n) is 6.12. The van der Waals surface area contributed by atoms with Crippen LogP contribution in [0.15, 0.2) is 18.2 Å². The number of nitrogen functional groups attached to an aromatic ring is 1. The lowest BCUT2D eigenvalue weighted by atomic mass is 10.1. The SMILES string of the molecule is CN(C)C(=O)c1ccc(N)cc1NC1CNC(=O)C1. The van der Waals surface area contributed by atoms with Crippen LogP contribution < -0.4 is 16.4 Å². The summed E-state index contributed by atoms with van der Waals surface area (Å²) in [5.41, 5.74) is 7.56. The number of carbonyl (C=O) groups is 2. The van der Waals surface area contributed by atoms with Gasteiger partial charge in [0.05, 0.1) is 11.6 Å². The summed E-state index contributed by atoms with van der Waals surface area (Å²) in [6, 6.07) is 5.10. The van der Waals surface area contributed by atoms with Crippen molar-refractivity contribution >= 4 is 23.2 Å². The summed E-state index contributed by atoms with van der Waals surface area (Å²) in [7, 11) is 3.40. The van der Waals surface area contributed by atoms with Crippen molar-refractivity contribution in [2.75, 3.05) is 31.7 Å². The van der Waals surface area contributed by atoms with Gasteiger partial charge in [-0.05, 0) is 18.2 Å². The highest BCUT2D eigenvalue weighted by Crippen LogP contribution is 2.22. The molecule has 1 unspecified atom stereocenters.